The lowest BCUT2D eigenvalue weighted by molar-refractivity contribution is -0.384. The number of rotatable bonds is 3. The molecular weight excluding hydrogens is 236 g/mol. The minimum Gasteiger partial charge on any atom is -0.393 e. The van der Waals surface area contributed by atoms with Crippen LogP contribution in [0.15, 0.2) is 0 Å². The molecule has 1 aliphatic heterocycles. The fraction of sp³-hybridized carbons (Fsp3) is 0.727. The van der Waals surface area contributed by atoms with Gasteiger partial charge in [-0.05, 0) is 19.3 Å². The molecule has 7 heteroatoms. The van der Waals surface area contributed by atoms with E-state index in [4.69, 9.17) is 0 Å². The first-order valence-corrected chi connectivity index (χ1v) is 6.17. The van der Waals surface area contributed by atoms with E-state index in [0.717, 1.165) is 0 Å². The van der Waals surface area contributed by atoms with Crippen molar-refractivity contribution < 1.29 is 10.0 Å². The van der Waals surface area contributed by atoms with Crippen molar-refractivity contribution in [1.29, 1.82) is 0 Å². The van der Waals surface area contributed by atoms with Crippen LogP contribution in [0.3, 0.4) is 0 Å². The molecule has 0 saturated carbocycles. The minimum absolute atomic E-state index is 0.108. The van der Waals surface area contributed by atoms with E-state index in [2.05, 4.69) is 5.10 Å². The number of aliphatic hydroxyl groups excluding tert-OH is 1. The Bertz CT molecular complexity index is 449. The number of aliphatic hydroxyl groups is 1. The summed E-state index contributed by atoms with van der Waals surface area (Å²) < 4.78 is 1.58. The Labute approximate surface area is 105 Å². The lowest BCUT2D eigenvalue weighted by Crippen LogP contribution is -2.37. The van der Waals surface area contributed by atoms with Gasteiger partial charge in [-0.3, -0.25) is 10.1 Å². The molecule has 0 aromatic carbocycles. The Kier molecular flexibility index (Phi) is 3.51. The summed E-state index contributed by atoms with van der Waals surface area (Å²) in [6.07, 6.45) is 1.54. The molecule has 1 aromatic heterocycles. The summed E-state index contributed by atoms with van der Waals surface area (Å²) >= 11 is 0. The molecule has 1 N–H and O–H groups in total. The van der Waals surface area contributed by atoms with Crippen LogP contribution in [0.2, 0.25) is 0 Å². The Balaban J connectivity index is 2.37. The number of aryl methyl sites for hydroxylation is 2. The second-order valence-electron chi connectivity index (χ2n) is 4.57. The van der Waals surface area contributed by atoms with Gasteiger partial charge in [0.2, 0.25) is 5.82 Å². The average Bonchev–Trinajstić information content (AvgIpc) is 2.67. The van der Waals surface area contributed by atoms with E-state index in [1.807, 2.05) is 11.8 Å². The van der Waals surface area contributed by atoms with Crippen molar-refractivity contribution in [2.24, 2.45) is 7.05 Å². The molecule has 0 unspecified atom stereocenters. The molecule has 0 aliphatic carbocycles. The van der Waals surface area contributed by atoms with Crippen LogP contribution in [0.1, 0.15) is 25.5 Å². The van der Waals surface area contributed by atoms with Crippen LogP contribution >= 0.6 is 0 Å². The molecule has 2 heterocycles. The highest BCUT2D eigenvalue weighted by Gasteiger charge is 2.31. The summed E-state index contributed by atoms with van der Waals surface area (Å²) in [5.74, 6) is 0.559. The summed E-state index contributed by atoms with van der Waals surface area (Å²) in [5.41, 5.74) is 0.625. The van der Waals surface area contributed by atoms with E-state index < -0.39 is 0 Å². The number of anilines is 1. The van der Waals surface area contributed by atoms with Crippen LogP contribution in [0.4, 0.5) is 11.5 Å². The average molecular weight is 254 g/mol. The maximum Gasteiger partial charge on any atom is 0.334 e. The normalized spacial score (nSPS) is 17.2. The topological polar surface area (TPSA) is 84.4 Å². The quantitative estimate of drug-likeness (QED) is 0.638. The molecule has 2 rings (SSSR count). The lowest BCUT2D eigenvalue weighted by Gasteiger charge is -2.30. The highest BCUT2D eigenvalue weighted by atomic mass is 16.6. The highest BCUT2D eigenvalue weighted by molar-refractivity contribution is 5.61. The van der Waals surface area contributed by atoms with Gasteiger partial charge in [0.1, 0.15) is 5.69 Å². The Morgan fingerprint density at radius 2 is 2.11 bits per heavy atom. The molecule has 0 bridgehead atoms. The lowest BCUT2D eigenvalue weighted by atomic mass is 10.1. The number of hydrogen-bond donors (Lipinski definition) is 1. The van der Waals surface area contributed by atoms with Crippen molar-refractivity contribution in [2.45, 2.75) is 32.3 Å². The predicted octanol–water partition coefficient (Wildman–Crippen LogP) is 0.852. The zero-order valence-electron chi connectivity index (χ0n) is 10.7. The summed E-state index contributed by atoms with van der Waals surface area (Å²) in [6, 6.07) is 0. The second-order valence-corrected chi connectivity index (χ2v) is 4.57. The Hall–Kier alpha value is -1.63. The van der Waals surface area contributed by atoms with Gasteiger partial charge in [0, 0.05) is 20.1 Å². The van der Waals surface area contributed by atoms with E-state index >= 15 is 0 Å². The molecule has 0 amide bonds. The molecule has 1 fully saturated rings. The molecule has 1 aromatic rings. The van der Waals surface area contributed by atoms with E-state index in [1.165, 1.54) is 0 Å². The summed E-state index contributed by atoms with van der Waals surface area (Å²) in [7, 11) is 1.73. The van der Waals surface area contributed by atoms with Gasteiger partial charge in [0.15, 0.2) is 0 Å². The monoisotopic (exact) mass is 254 g/mol. The van der Waals surface area contributed by atoms with Gasteiger partial charge in [-0.15, -0.1) is 0 Å². The van der Waals surface area contributed by atoms with Gasteiger partial charge < -0.3 is 10.0 Å². The Morgan fingerprint density at radius 3 is 2.61 bits per heavy atom. The second kappa shape index (κ2) is 4.93. The number of nitro groups is 1. The van der Waals surface area contributed by atoms with Crippen LogP contribution in [-0.2, 0) is 13.5 Å². The fourth-order valence-electron chi connectivity index (χ4n) is 2.42. The largest absolute Gasteiger partial charge is 0.393 e. The molecule has 0 spiro atoms. The molecule has 0 atom stereocenters. The number of nitrogens with zero attached hydrogens (tertiary/aromatic N) is 4. The molecule has 1 aliphatic rings. The van der Waals surface area contributed by atoms with Crippen LogP contribution in [0.5, 0.6) is 0 Å². The molecular formula is C11H18N4O3. The Morgan fingerprint density at radius 1 is 1.50 bits per heavy atom. The fourth-order valence-corrected chi connectivity index (χ4v) is 2.42. The predicted molar refractivity (Wildman–Crippen MR) is 66.7 cm³/mol. The zero-order chi connectivity index (χ0) is 13.3. The van der Waals surface area contributed by atoms with Crippen molar-refractivity contribution in [1.82, 2.24) is 9.78 Å². The number of piperidine rings is 1. The third-order valence-corrected chi connectivity index (χ3v) is 3.34. The molecule has 0 radical (unpaired) electrons. The van der Waals surface area contributed by atoms with E-state index in [1.54, 1.807) is 11.7 Å². The van der Waals surface area contributed by atoms with Gasteiger partial charge in [-0.25, -0.2) is 4.68 Å². The van der Waals surface area contributed by atoms with Crippen molar-refractivity contribution in [3.63, 3.8) is 0 Å². The molecule has 18 heavy (non-hydrogen) atoms. The molecule has 7 nitrogen and oxygen atoms in total. The smallest absolute Gasteiger partial charge is 0.334 e. The third kappa shape index (κ3) is 2.17. The summed E-state index contributed by atoms with van der Waals surface area (Å²) in [5, 5.41) is 24.9. The molecule has 100 valence electrons. The maximum absolute atomic E-state index is 11.2. The van der Waals surface area contributed by atoms with Crippen LogP contribution in [-0.4, -0.2) is 39.0 Å². The molecule has 1 saturated heterocycles. The van der Waals surface area contributed by atoms with Crippen molar-refractivity contribution in [3.05, 3.63) is 15.8 Å². The van der Waals surface area contributed by atoms with Gasteiger partial charge in [0.25, 0.3) is 0 Å². The van der Waals surface area contributed by atoms with Crippen LogP contribution < -0.4 is 4.90 Å². The number of hydrogen-bond acceptors (Lipinski definition) is 5. The van der Waals surface area contributed by atoms with Gasteiger partial charge in [0.05, 0.1) is 11.0 Å². The van der Waals surface area contributed by atoms with Gasteiger partial charge in [-0.1, -0.05) is 6.92 Å². The first kappa shape index (κ1) is 12.8. The van der Waals surface area contributed by atoms with Crippen molar-refractivity contribution >= 4 is 11.5 Å². The summed E-state index contributed by atoms with van der Waals surface area (Å²) in [4.78, 5) is 12.8. The number of aromatic nitrogens is 2. The van der Waals surface area contributed by atoms with E-state index in [0.29, 0.717) is 43.9 Å². The van der Waals surface area contributed by atoms with Crippen LogP contribution in [0, 0.1) is 10.1 Å². The van der Waals surface area contributed by atoms with Crippen molar-refractivity contribution in [3.8, 4) is 0 Å². The first-order valence-electron chi connectivity index (χ1n) is 6.17. The highest BCUT2D eigenvalue weighted by Crippen LogP contribution is 2.33. The maximum atomic E-state index is 11.2. The SMILES string of the molecule is CCc1nn(C)c(N2CCC(O)CC2)c1[N+](=O)[O-]. The van der Waals surface area contributed by atoms with E-state index in [-0.39, 0.29) is 16.7 Å². The first-order chi connectivity index (χ1) is 8.54. The van der Waals surface area contributed by atoms with Gasteiger partial charge >= 0.3 is 5.69 Å². The minimum atomic E-state index is -0.355. The third-order valence-electron chi connectivity index (χ3n) is 3.34. The van der Waals surface area contributed by atoms with E-state index in [9.17, 15) is 15.2 Å². The van der Waals surface area contributed by atoms with Crippen molar-refractivity contribution in [2.75, 3.05) is 18.0 Å². The summed E-state index contributed by atoms with van der Waals surface area (Å²) in [6.45, 7) is 3.12. The van der Waals surface area contributed by atoms with Gasteiger partial charge in [-0.2, -0.15) is 5.10 Å². The van der Waals surface area contributed by atoms with Crippen LogP contribution in [0.25, 0.3) is 0 Å². The zero-order valence-corrected chi connectivity index (χ0v) is 10.7. The standard InChI is InChI=1S/C11H18N4O3/c1-3-9-10(15(17)18)11(13(2)12-9)14-6-4-8(16)5-7-14/h8,16H,3-7H2,1-2H3.